The molecule has 5 nitrogen and oxygen atoms in total. The summed E-state index contributed by atoms with van der Waals surface area (Å²) in [4.78, 5) is 18.1. The van der Waals surface area contributed by atoms with Crippen LogP contribution in [0.2, 0.25) is 0 Å². The van der Waals surface area contributed by atoms with Crippen molar-refractivity contribution in [2.24, 2.45) is 0 Å². The van der Waals surface area contributed by atoms with Gasteiger partial charge in [0.2, 0.25) is 0 Å². The fraction of sp³-hybridized carbons (Fsp3) is 0.280. The number of benzene rings is 2. The second kappa shape index (κ2) is 9.09. The molecule has 3 aromatic rings. The highest BCUT2D eigenvalue weighted by Crippen LogP contribution is 2.25. The van der Waals surface area contributed by atoms with Gasteiger partial charge in [-0.2, -0.15) is 0 Å². The summed E-state index contributed by atoms with van der Waals surface area (Å²) >= 11 is 0. The standard InChI is InChI=1S/C25H26N2O3/c1-18-8-9-22-23(26-18)6-3-7-24(22)30-15-14-27-12-10-19(11-13-27)16-20-4-2-5-21(17-20)25(28)29/h2-9,16-17H,10-15H2,1H3,(H,28,29). The minimum absolute atomic E-state index is 0.331. The van der Waals surface area contributed by atoms with Gasteiger partial charge in [0, 0.05) is 30.7 Å². The molecular weight excluding hydrogens is 376 g/mol. The molecule has 2 heterocycles. The number of aryl methyl sites for hydroxylation is 1. The average Bonchev–Trinajstić information content (AvgIpc) is 2.75. The number of carboxylic acid groups (broad SMARTS) is 1. The molecule has 4 rings (SSSR count). The van der Waals surface area contributed by atoms with Crippen molar-refractivity contribution in [1.29, 1.82) is 0 Å². The Labute approximate surface area is 176 Å². The first-order valence-corrected chi connectivity index (χ1v) is 10.3. The molecule has 2 aromatic carbocycles. The molecule has 0 spiro atoms. The van der Waals surface area contributed by atoms with Crippen LogP contribution in [0.4, 0.5) is 0 Å². The molecule has 1 aromatic heterocycles. The number of carbonyl (C=O) groups is 1. The number of nitrogens with zero attached hydrogens (tertiary/aromatic N) is 2. The van der Waals surface area contributed by atoms with Gasteiger partial charge >= 0.3 is 5.97 Å². The van der Waals surface area contributed by atoms with Crippen molar-refractivity contribution in [2.45, 2.75) is 19.8 Å². The van der Waals surface area contributed by atoms with Gasteiger partial charge in [-0.1, -0.05) is 29.8 Å². The molecule has 1 N–H and O–H groups in total. The second-order valence-corrected chi connectivity index (χ2v) is 7.70. The quantitative estimate of drug-likeness (QED) is 0.642. The summed E-state index contributed by atoms with van der Waals surface area (Å²) in [5, 5.41) is 10.2. The van der Waals surface area contributed by atoms with Crippen LogP contribution >= 0.6 is 0 Å². The first-order chi connectivity index (χ1) is 14.6. The van der Waals surface area contributed by atoms with Crippen molar-refractivity contribution in [1.82, 2.24) is 9.88 Å². The summed E-state index contributed by atoms with van der Waals surface area (Å²) in [5.74, 6) is -0.00177. The SMILES string of the molecule is Cc1ccc2c(OCCN3CCC(=Cc4cccc(C(=O)O)c4)CC3)cccc2n1. The van der Waals surface area contributed by atoms with E-state index in [1.54, 1.807) is 18.2 Å². The van der Waals surface area contributed by atoms with Crippen molar-refractivity contribution in [2.75, 3.05) is 26.2 Å². The Balaban J connectivity index is 1.30. The van der Waals surface area contributed by atoms with E-state index < -0.39 is 5.97 Å². The molecule has 0 aliphatic carbocycles. The highest BCUT2D eigenvalue weighted by Gasteiger charge is 2.14. The lowest BCUT2D eigenvalue weighted by molar-refractivity contribution is 0.0697. The Morgan fingerprint density at radius 3 is 2.73 bits per heavy atom. The summed E-state index contributed by atoms with van der Waals surface area (Å²) in [6.07, 6.45) is 4.12. The van der Waals surface area contributed by atoms with Crippen LogP contribution in [0.1, 0.15) is 34.5 Å². The lowest BCUT2D eigenvalue weighted by Crippen LogP contribution is -2.34. The van der Waals surface area contributed by atoms with Crippen molar-refractivity contribution >= 4 is 22.9 Å². The van der Waals surface area contributed by atoms with Crippen molar-refractivity contribution < 1.29 is 14.6 Å². The maximum atomic E-state index is 11.1. The van der Waals surface area contributed by atoms with Gasteiger partial charge in [0.15, 0.2) is 0 Å². The van der Waals surface area contributed by atoms with Gasteiger partial charge in [-0.25, -0.2) is 4.79 Å². The van der Waals surface area contributed by atoms with Crippen LogP contribution in [0.25, 0.3) is 17.0 Å². The van der Waals surface area contributed by atoms with E-state index >= 15 is 0 Å². The first kappa shape index (κ1) is 20.1. The number of carboxylic acids is 1. The number of pyridine rings is 1. The Kier molecular flexibility index (Phi) is 6.10. The topological polar surface area (TPSA) is 62.7 Å². The van der Waals surface area contributed by atoms with E-state index in [0.29, 0.717) is 12.2 Å². The fourth-order valence-corrected chi connectivity index (χ4v) is 3.84. The molecule has 1 aliphatic heterocycles. The van der Waals surface area contributed by atoms with E-state index in [9.17, 15) is 4.79 Å². The van der Waals surface area contributed by atoms with Crippen molar-refractivity contribution in [3.8, 4) is 5.75 Å². The van der Waals surface area contributed by atoms with Gasteiger partial charge < -0.3 is 9.84 Å². The van der Waals surface area contributed by atoms with Gasteiger partial charge in [-0.15, -0.1) is 0 Å². The van der Waals surface area contributed by atoms with Crippen LogP contribution in [0.5, 0.6) is 5.75 Å². The van der Waals surface area contributed by atoms with Gasteiger partial charge in [0.1, 0.15) is 12.4 Å². The van der Waals surface area contributed by atoms with E-state index in [1.807, 2.05) is 37.3 Å². The van der Waals surface area contributed by atoms with Crippen LogP contribution < -0.4 is 4.74 Å². The van der Waals surface area contributed by atoms with Crippen LogP contribution in [-0.4, -0.2) is 47.2 Å². The van der Waals surface area contributed by atoms with Crippen LogP contribution in [0.15, 0.2) is 60.2 Å². The average molecular weight is 402 g/mol. The van der Waals surface area contributed by atoms with E-state index in [2.05, 4.69) is 22.0 Å². The Morgan fingerprint density at radius 2 is 1.93 bits per heavy atom. The number of ether oxygens (including phenoxy) is 1. The molecule has 5 heteroatoms. The predicted octanol–water partition coefficient (Wildman–Crippen LogP) is 4.80. The van der Waals surface area contributed by atoms with E-state index in [4.69, 9.17) is 9.84 Å². The molecule has 0 amide bonds. The Morgan fingerprint density at radius 1 is 1.13 bits per heavy atom. The number of hydrogen-bond donors (Lipinski definition) is 1. The first-order valence-electron chi connectivity index (χ1n) is 10.3. The minimum Gasteiger partial charge on any atom is -0.492 e. The fourth-order valence-electron chi connectivity index (χ4n) is 3.84. The Hall–Kier alpha value is -3.18. The zero-order valence-electron chi connectivity index (χ0n) is 17.2. The van der Waals surface area contributed by atoms with Crippen LogP contribution in [0, 0.1) is 6.92 Å². The number of likely N-dealkylation sites (tertiary alicyclic amines) is 1. The molecule has 0 atom stereocenters. The third-order valence-electron chi connectivity index (χ3n) is 5.50. The molecule has 0 unspecified atom stereocenters. The lowest BCUT2D eigenvalue weighted by Gasteiger charge is -2.28. The molecule has 0 radical (unpaired) electrons. The molecule has 0 bridgehead atoms. The van der Waals surface area contributed by atoms with Crippen molar-refractivity contribution in [3.63, 3.8) is 0 Å². The van der Waals surface area contributed by atoms with Gasteiger partial charge in [0.25, 0.3) is 0 Å². The summed E-state index contributed by atoms with van der Waals surface area (Å²) in [7, 11) is 0. The molecule has 1 aliphatic rings. The Bertz CT molecular complexity index is 1080. The van der Waals surface area contributed by atoms with Gasteiger partial charge in [-0.3, -0.25) is 9.88 Å². The summed E-state index contributed by atoms with van der Waals surface area (Å²) in [5.41, 5.74) is 4.63. The molecule has 30 heavy (non-hydrogen) atoms. The third-order valence-corrected chi connectivity index (χ3v) is 5.50. The van der Waals surface area contributed by atoms with E-state index in [-0.39, 0.29) is 0 Å². The lowest BCUT2D eigenvalue weighted by atomic mass is 10.00. The number of fused-ring (bicyclic) bond motifs is 1. The highest BCUT2D eigenvalue weighted by molar-refractivity contribution is 5.88. The van der Waals surface area contributed by atoms with Crippen LogP contribution in [0.3, 0.4) is 0 Å². The largest absolute Gasteiger partial charge is 0.492 e. The normalized spacial score (nSPS) is 14.6. The summed E-state index contributed by atoms with van der Waals surface area (Å²) in [6, 6.07) is 17.2. The summed E-state index contributed by atoms with van der Waals surface area (Å²) < 4.78 is 6.07. The second-order valence-electron chi connectivity index (χ2n) is 7.70. The monoisotopic (exact) mass is 402 g/mol. The summed E-state index contributed by atoms with van der Waals surface area (Å²) in [6.45, 7) is 5.51. The number of aromatic carboxylic acids is 1. The van der Waals surface area contributed by atoms with E-state index in [1.165, 1.54) is 5.57 Å². The zero-order valence-corrected chi connectivity index (χ0v) is 17.2. The zero-order chi connectivity index (χ0) is 20.9. The molecule has 0 saturated carbocycles. The molecule has 1 saturated heterocycles. The number of hydrogen-bond acceptors (Lipinski definition) is 4. The van der Waals surface area contributed by atoms with Gasteiger partial charge in [0.05, 0.1) is 11.1 Å². The van der Waals surface area contributed by atoms with Gasteiger partial charge in [-0.05, 0) is 61.7 Å². The number of rotatable bonds is 6. The van der Waals surface area contributed by atoms with Crippen molar-refractivity contribution in [3.05, 3.63) is 77.0 Å². The predicted molar refractivity (Wildman–Crippen MR) is 119 cm³/mol. The molecule has 1 fully saturated rings. The minimum atomic E-state index is -0.887. The van der Waals surface area contributed by atoms with Crippen LogP contribution in [-0.2, 0) is 0 Å². The molecule has 154 valence electrons. The smallest absolute Gasteiger partial charge is 0.335 e. The highest BCUT2D eigenvalue weighted by atomic mass is 16.5. The number of piperidine rings is 1. The number of aromatic nitrogens is 1. The third kappa shape index (κ3) is 4.86. The van der Waals surface area contributed by atoms with E-state index in [0.717, 1.165) is 60.4 Å². The molecular formula is C25H26N2O3. The maximum absolute atomic E-state index is 11.1. The maximum Gasteiger partial charge on any atom is 0.335 e.